The number of nitrogens with zero attached hydrogens (tertiary/aromatic N) is 1. The van der Waals surface area contributed by atoms with Crippen molar-refractivity contribution in [1.29, 1.82) is 0 Å². The number of pyridine rings is 1. The lowest BCUT2D eigenvalue weighted by Gasteiger charge is -2.21. The minimum absolute atomic E-state index is 0.141. The Balaban J connectivity index is 2.40. The molecule has 0 aliphatic rings. The summed E-state index contributed by atoms with van der Waals surface area (Å²) in [4.78, 5) is 23.8. The molecule has 0 bridgehead atoms. The molecule has 22 heavy (non-hydrogen) atoms. The van der Waals surface area contributed by atoms with Crippen LogP contribution in [0.4, 0.5) is 10.6 Å². The number of hydrogen-bond donors (Lipinski definition) is 1. The number of aromatic nitrogens is 1. The van der Waals surface area contributed by atoms with Crippen LogP contribution in [0.2, 0.25) is 0 Å². The quantitative estimate of drug-likeness (QED) is 0.923. The van der Waals surface area contributed by atoms with Gasteiger partial charge >= 0.3 is 6.09 Å². The van der Waals surface area contributed by atoms with Gasteiger partial charge in [0.2, 0.25) is 0 Å². The number of aryl methyl sites for hydroxylation is 1. The first-order chi connectivity index (χ1) is 10.3. The van der Waals surface area contributed by atoms with Crippen LogP contribution < -0.4 is 10.7 Å². The number of para-hydroxylation sites is 1. The highest BCUT2D eigenvalue weighted by Gasteiger charge is 2.17. The lowest BCUT2D eigenvalue weighted by atomic mass is 10.2. The van der Waals surface area contributed by atoms with Gasteiger partial charge in [-0.25, -0.2) is 4.79 Å². The van der Waals surface area contributed by atoms with E-state index in [1.54, 1.807) is 38.5 Å². The number of rotatable bonds is 2. The van der Waals surface area contributed by atoms with Crippen LogP contribution in [-0.2, 0) is 4.74 Å². The molecule has 1 N–H and O–H groups in total. The Hall–Kier alpha value is -2.56. The van der Waals surface area contributed by atoms with Crippen molar-refractivity contribution < 1.29 is 9.53 Å². The lowest BCUT2D eigenvalue weighted by Crippen LogP contribution is -2.28. The number of anilines is 1. The van der Waals surface area contributed by atoms with Crippen LogP contribution in [-0.4, -0.2) is 16.3 Å². The van der Waals surface area contributed by atoms with Crippen LogP contribution in [0.5, 0.6) is 0 Å². The smallest absolute Gasteiger partial charge is 0.413 e. The van der Waals surface area contributed by atoms with Gasteiger partial charge in [0, 0.05) is 23.5 Å². The molecule has 0 saturated carbocycles. The van der Waals surface area contributed by atoms with Gasteiger partial charge in [-0.15, -0.1) is 0 Å². The highest BCUT2D eigenvalue weighted by Crippen LogP contribution is 2.16. The summed E-state index contributed by atoms with van der Waals surface area (Å²) >= 11 is 0. The third-order valence-electron chi connectivity index (χ3n) is 2.90. The molecule has 1 amide bonds. The Morgan fingerprint density at radius 3 is 2.41 bits per heavy atom. The third-order valence-corrected chi connectivity index (χ3v) is 2.90. The summed E-state index contributed by atoms with van der Waals surface area (Å²) in [6, 6.07) is 10.9. The molecule has 2 aromatic rings. The van der Waals surface area contributed by atoms with Crippen molar-refractivity contribution in [1.82, 2.24) is 4.57 Å². The fraction of sp³-hybridized carbons (Fsp3) is 0.294. The topological polar surface area (TPSA) is 60.3 Å². The van der Waals surface area contributed by atoms with E-state index in [1.165, 1.54) is 6.07 Å². The predicted octanol–water partition coefficient (Wildman–Crippen LogP) is 3.49. The third kappa shape index (κ3) is 3.97. The van der Waals surface area contributed by atoms with E-state index in [-0.39, 0.29) is 5.43 Å². The van der Waals surface area contributed by atoms with Gasteiger partial charge in [0.1, 0.15) is 11.4 Å². The van der Waals surface area contributed by atoms with Gasteiger partial charge in [-0.1, -0.05) is 18.2 Å². The van der Waals surface area contributed by atoms with Crippen molar-refractivity contribution in [3.63, 3.8) is 0 Å². The Morgan fingerprint density at radius 1 is 1.18 bits per heavy atom. The highest BCUT2D eigenvalue weighted by molar-refractivity contribution is 5.84. The molecule has 0 saturated heterocycles. The van der Waals surface area contributed by atoms with E-state index in [9.17, 15) is 9.59 Å². The van der Waals surface area contributed by atoms with Crippen LogP contribution in [0.3, 0.4) is 0 Å². The zero-order valence-electron chi connectivity index (χ0n) is 13.2. The van der Waals surface area contributed by atoms with Gasteiger partial charge < -0.3 is 9.30 Å². The van der Waals surface area contributed by atoms with E-state index in [4.69, 9.17) is 4.74 Å². The van der Waals surface area contributed by atoms with Crippen molar-refractivity contribution in [2.24, 2.45) is 0 Å². The fourth-order valence-electron chi connectivity index (χ4n) is 1.94. The first kappa shape index (κ1) is 15.8. The second kappa shape index (κ2) is 6.05. The first-order valence-electron chi connectivity index (χ1n) is 7.05. The van der Waals surface area contributed by atoms with E-state index in [1.807, 2.05) is 30.3 Å². The van der Waals surface area contributed by atoms with Gasteiger partial charge in [0.05, 0.1) is 0 Å². The molecule has 5 heteroatoms. The Kier molecular flexibility index (Phi) is 4.35. The van der Waals surface area contributed by atoms with Crippen molar-refractivity contribution in [3.05, 3.63) is 58.4 Å². The summed E-state index contributed by atoms with van der Waals surface area (Å²) in [5, 5.41) is 2.64. The number of nitrogens with one attached hydrogen (secondary N) is 1. The van der Waals surface area contributed by atoms with E-state index < -0.39 is 11.7 Å². The molecule has 0 atom stereocenters. The SMILES string of the molecule is Cc1cn(-c2ccccc2)c(NC(=O)OC(C)(C)C)cc1=O. The van der Waals surface area contributed by atoms with E-state index in [2.05, 4.69) is 5.32 Å². The number of amides is 1. The summed E-state index contributed by atoms with van der Waals surface area (Å²) in [7, 11) is 0. The summed E-state index contributed by atoms with van der Waals surface area (Å²) < 4.78 is 6.99. The van der Waals surface area contributed by atoms with E-state index in [0.29, 0.717) is 11.4 Å². The Labute approximate surface area is 129 Å². The maximum Gasteiger partial charge on any atom is 0.413 e. The largest absolute Gasteiger partial charge is 0.444 e. The molecular weight excluding hydrogens is 280 g/mol. The van der Waals surface area contributed by atoms with Crippen LogP contribution in [0.15, 0.2) is 47.4 Å². The number of carbonyl (C=O) groups is 1. The van der Waals surface area contributed by atoms with Gasteiger partial charge in [0.25, 0.3) is 0 Å². The Bertz CT molecular complexity index is 728. The minimum atomic E-state index is -0.605. The van der Waals surface area contributed by atoms with E-state index >= 15 is 0 Å². The normalized spacial score (nSPS) is 11.1. The molecule has 116 valence electrons. The van der Waals surface area contributed by atoms with E-state index in [0.717, 1.165) is 5.69 Å². The van der Waals surface area contributed by atoms with Crippen molar-refractivity contribution in [2.45, 2.75) is 33.3 Å². The summed E-state index contributed by atoms with van der Waals surface area (Å²) in [5.41, 5.74) is 0.695. The first-order valence-corrected chi connectivity index (χ1v) is 7.05. The van der Waals surface area contributed by atoms with Gasteiger partial charge in [0.15, 0.2) is 5.43 Å². The highest BCUT2D eigenvalue weighted by atomic mass is 16.6. The van der Waals surface area contributed by atoms with Crippen molar-refractivity contribution in [2.75, 3.05) is 5.32 Å². The maximum absolute atomic E-state index is 12.0. The molecule has 0 unspecified atom stereocenters. The molecule has 0 aliphatic heterocycles. The average molecular weight is 300 g/mol. The molecule has 2 rings (SSSR count). The van der Waals surface area contributed by atoms with Crippen LogP contribution in [0, 0.1) is 6.92 Å². The second-order valence-electron chi connectivity index (χ2n) is 6.04. The molecule has 1 heterocycles. The average Bonchev–Trinajstić information content (AvgIpc) is 2.41. The summed E-state index contributed by atoms with van der Waals surface area (Å²) in [5.74, 6) is 0.371. The Morgan fingerprint density at radius 2 is 1.82 bits per heavy atom. The maximum atomic E-state index is 12.0. The molecular formula is C17H20N2O3. The summed E-state index contributed by atoms with van der Waals surface area (Å²) in [6.07, 6.45) is 1.10. The van der Waals surface area contributed by atoms with Gasteiger partial charge in [-0.05, 0) is 39.8 Å². The molecule has 0 fully saturated rings. The molecule has 5 nitrogen and oxygen atoms in total. The monoisotopic (exact) mass is 300 g/mol. The lowest BCUT2D eigenvalue weighted by molar-refractivity contribution is 0.0635. The molecule has 0 aliphatic carbocycles. The number of hydrogen-bond acceptors (Lipinski definition) is 3. The van der Waals surface area contributed by atoms with Gasteiger partial charge in [-0.2, -0.15) is 0 Å². The number of benzene rings is 1. The fourth-order valence-corrected chi connectivity index (χ4v) is 1.94. The van der Waals surface area contributed by atoms with Crippen LogP contribution >= 0.6 is 0 Å². The van der Waals surface area contributed by atoms with Crippen molar-refractivity contribution >= 4 is 11.9 Å². The molecule has 1 aromatic heterocycles. The predicted molar refractivity (Wildman–Crippen MR) is 86.6 cm³/mol. The standard InChI is InChI=1S/C17H20N2O3/c1-12-11-19(13-8-6-5-7-9-13)15(10-14(12)20)18-16(21)22-17(2,3)4/h5-11H,1-4H3,(H,18,21). The van der Waals surface area contributed by atoms with Crippen molar-refractivity contribution in [3.8, 4) is 5.69 Å². The molecule has 0 spiro atoms. The number of carbonyl (C=O) groups excluding carboxylic acids is 1. The second-order valence-corrected chi connectivity index (χ2v) is 6.04. The summed E-state index contributed by atoms with van der Waals surface area (Å²) in [6.45, 7) is 7.09. The molecule has 0 radical (unpaired) electrons. The molecule has 1 aromatic carbocycles. The van der Waals surface area contributed by atoms with Crippen LogP contribution in [0.25, 0.3) is 5.69 Å². The van der Waals surface area contributed by atoms with Gasteiger partial charge in [-0.3, -0.25) is 10.1 Å². The minimum Gasteiger partial charge on any atom is -0.444 e. The van der Waals surface area contributed by atoms with Crippen LogP contribution in [0.1, 0.15) is 26.3 Å². The number of ether oxygens (including phenoxy) is 1. The zero-order chi connectivity index (χ0) is 16.3. The zero-order valence-corrected chi connectivity index (χ0v) is 13.2.